The molecule has 0 aliphatic carbocycles. The zero-order chi connectivity index (χ0) is 22.3. The molecule has 4 nitrogen and oxygen atoms in total. The number of para-hydroxylation sites is 4. The number of benzene rings is 4. The van der Waals surface area contributed by atoms with Gasteiger partial charge in [0.2, 0.25) is 0 Å². The van der Waals surface area contributed by atoms with Crippen molar-refractivity contribution in [1.29, 1.82) is 0 Å². The zero-order valence-corrected chi connectivity index (χ0v) is 20.2. The predicted molar refractivity (Wildman–Crippen MR) is 132 cm³/mol. The highest BCUT2D eigenvalue weighted by atomic mass is 29.3. The highest BCUT2D eigenvalue weighted by molar-refractivity contribution is 7.32. The third-order valence-electron chi connectivity index (χ3n) is 5.05. The van der Waals surface area contributed by atoms with Gasteiger partial charge in [-0.15, -0.1) is 0 Å². The Bertz CT molecular complexity index is 920. The Kier molecular flexibility index (Phi) is 6.63. The Balaban J connectivity index is 1.78. The lowest BCUT2D eigenvalue weighted by Crippen LogP contribution is -2.74. The first-order chi connectivity index (χ1) is 15.6. The van der Waals surface area contributed by atoms with Gasteiger partial charge in [-0.1, -0.05) is 72.8 Å². The molecule has 32 heavy (non-hydrogen) atoms. The van der Waals surface area contributed by atoms with Crippen molar-refractivity contribution in [1.82, 2.24) is 0 Å². The standard InChI is InChI=1S/C26H26O4Si2/c1-31(27-23-15-7-3-8-16-23,28-24-17-9-4-10-18-24)32(2,29-25-19-11-5-12-20-25)30-26-21-13-6-14-22-26/h3-22H,1-2H3. The lowest BCUT2D eigenvalue weighted by Gasteiger charge is -2.39. The van der Waals surface area contributed by atoms with Gasteiger partial charge in [0, 0.05) is 13.1 Å². The van der Waals surface area contributed by atoms with E-state index in [-0.39, 0.29) is 0 Å². The first-order valence-electron chi connectivity index (χ1n) is 10.5. The van der Waals surface area contributed by atoms with Crippen LogP contribution < -0.4 is 17.7 Å². The van der Waals surface area contributed by atoms with Crippen LogP contribution in [0.4, 0.5) is 0 Å². The highest BCUT2D eigenvalue weighted by Crippen LogP contribution is 2.31. The summed E-state index contributed by atoms with van der Waals surface area (Å²) in [6.07, 6.45) is 0. The maximum absolute atomic E-state index is 6.64. The van der Waals surface area contributed by atoms with E-state index in [1.165, 1.54) is 0 Å². The second-order valence-electron chi connectivity index (χ2n) is 7.55. The van der Waals surface area contributed by atoms with E-state index in [9.17, 15) is 0 Å². The van der Waals surface area contributed by atoms with E-state index >= 15 is 0 Å². The molecule has 4 aromatic rings. The van der Waals surface area contributed by atoms with Gasteiger partial charge in [0.25, 0.3) is 0 Å². The van der Waals surface area contributed by atoms with Gasteiger partial charge in [-0.2, -0.15) is 0 Å². The van der Waals surface area contributed by atoms with Crippen molar-refractivity contribution in [2.24, 2.45) is 0 Å². The summed E-state index contributed by atoms with van der Waals surface area (Å²) < 4.78 is 26.6. The molecule has 0 fully saturated rings. The maximum Gasteiger partial charge on any atom is 0.528 e. The van der Waals surface area contributed by atoms with E-state index in [1.807, 2.05) is 134 Å². The first-order valence-corrected chi connectivity index (χ1v) is 16.2. The summed E-state index contributed by atoms with van der Waals surface area (Å²) in [5.41, 5.74) is 0. The summed E-state index contributed by atoms with van der Waals surface area (Å²) in [5.74, 6) is 2.91. The molecule has 0 aliphatic heterocycles. The van der Waals surface area contributed by atoms with E-state index in [2.05, 4.69) is 0 Å². The van der Waals surface area contributed by atoms with Crippen molar-refractivity contribution >= 4 is 16.2 Å². The highest BCUT2D eigenvalue weighted by Gasteiger charge is 2.66. The number of hydrogen-bond acceptors (Lipinski definition) is 4. The summed E-state index contributed by atoms with van der Waals surface area (Å²) in [6.45, 7) is 4.04. The van der Waals surface area contributed by atoms with E-state index in [0.717, 1.165) is 23.0 Å². The molecule has 0 radical (unpaired) electrons. The van der Waals surface area contributed by atoms with E-state index < -0.39 is 16.2 Å². The molecule has 0 aromatic heterocycles. The van der Waals surface area contributed by atoms with Gasteiger partial charge in [-0.05, 0) is 48.5 Å². The van der Waals surface area contributed by atoms with E-state index in [0.29, 0.717) is 0 Å². The SMILES string of the molecule is C[Si](Oc1ccccc1)(Oc1ccccc1)[Si](C)(Oc1ccccc1)Oc1ccccc1. The van der Waals surface area contributed by atoms with Gasteiger partial charge in [0.15, 0.2) is 0 Å². The molecule has 0 spiro atoms. The summed E-state index contributed by atoms with van der Waals surface area (Å²) in [7, 11) is -6.31. The van der Waals surface area contributed by atoms with Crippen molar-refractivity contribution < 1.29 is 17.7 Å². The molecule has 0 heterocycles. The van der Waals surface area contributed by atoms with Crippen molar-refractivity contribution in [2.75, 3.05) is 0 Å². The Morgan fingerprint density at radius 1 is 0.344 bits per heavy atom. The Hall–Kier alpha value is -3.49. The van der Waals surface area contributed by atoms with E-state index in [4.69, 9.17) is 17.7 Å². The lowest BCUT2D eigenvalue weighted by molar-refractivity contribution is 0.349. The monoisotopic (exact) mass is 458 g/mol. The molecule has 0 saturated carbocycles. The fourth-order valence-corrected chi connectivity index (χ4v) is 10.1. The molecule has 4 aromatic carbocycles. The summed E-state index contributed by atoms with van der Waals surface area (Å²) in [4.78, 5) is 0. The van der Waals surface area contributed by atoms with Crippen molar-refractivity contribution in [2.45, 2.75) is 13.1 Å². The van der Waals surface area contributed by atoms with Crippen LogP contribution in [0.5, 0.6) is 23.0 Å². The minimum absolute atomic E-state index is 0.727. The molecule has 0 atom stereocenters. The number of hydrogen-bond donors (Lipinski definition) is 0. The van der Waals surface area contributed by atoms with Gasteiger partial charge >= 0.3 is 16.2 Å². The molecule has 0 N–H and O–H groups in total. The van der Waals surface area contributed by atoms with Crippen LogP contribution in [0.3, 0.4) is 0 Å². The summed E-state index contributed by atoms with van der Waals surface area (Å²) >= 11 is 0. The van der Waals surface area contributed by atoms with Crippen LogP contribution in [0, 0.1) is 0 Å². The Morgan fingerprint density at radius 3 is 0.719 bits per heavy atom. The van der Waals surface area contributed by atoms with Crippen molar-refractivity contribution in [3.63, 3.8) is 0 Å². The molecule has 6 heteroatoms. The summed E-state index contributed by atoms with van der Waals surface area (Å²) in [6, 6.07) is 38.8. The minimum atomic E-state index is -3.16. The Labute approximate surface area is 191 Å². The average Bonchev–Trinajstić information content (AvgIpc) is 2.81. The van der Waals surface area contributed by atoms with Crippen LogP contribution in [0.1, 0.15) is 0 Å². The van der Waals surface area contributed by atoms with Crippen LogP contribution in [0.15, 0.2) is 121 Å². The van der Waals surface area contributed by atoms with Crippen LogP contribution in [-0.4, -0.2) is 16.2 Å². The van der Waals surface area contributed by atoms with Gasteiger partial charge in [0.05, 0.1) is 0 Å². The number of rotatable bonds is 9. The molecule has 0 amide bonds. The van der Waals surface area contributed by atoms with Crippen LogP contribution in [-0.2, 0) is 0 Å². The Morgan fingerprint density at radius 2 is 0.531 bits per heavy atom. The van der Waals surface area contributed by atoms with Crippen LogP contribution in [0.2, 0.25) is 13.1 Å². The molecule has 162 valence electrons. The van der Waals surface area contributed by atoms with Crippen molar-refractivity contribution in [3.8, 4) is 23.0 Å². The smallest absolute Gasteiger partial charge is 0.510 e. The van der Waals surface area contributed by atoms with E-state index in [1.54, 1.807) is 0 Å². The second kappa shape index (κ2) is 9.76. The fraction of sp³-hybridized carbons (Fsp3) is 0.0769. The zero-order valence-electron chi connectivity index (χ0n) is 18.2. The van der Waals surface area contributed by atoms with Gasteiger partial charge < -0.3 is 17.7 Å². The molecule has 4 rings (SSSR count). The van der Waals surface area contributed by atoms with Gasteiger partial charge in [0.1, 0.15) is 23.0 Å². The van der Waals surface area contributed by atoms with Gasteiger partial charge in [-0.25, -0.2) is 0 Å². The van der Waals surface area contributed by atoms with Crippen LogP contribution in [0.25, 0.3) is 0 Å². The van der Waals surface area contributed by atoms with Crippen LogP contribution >= 0.6 is 0 Å². The predicted octanol–water partition coefficient (Wildman–Crippen LogP) is 6.52. The third-order valence-corrected chi connectivity index (χ3v) is 15.4. The third kappa shape index (κ3) is 5.22. The second-order valence-corrected chi connectivity index (χ2v) is 17.6. The average molecular weight is 459 g/mol. The normalized spacial score (nSPS) is 11.4. The summed E-state index contributed by atoms with van der Waals surface area (Å²) in [5, 5.41) is 0. The largest absolute Gasteiger partial charge is 0.528 e. The van der Waals surface area contributed by atoms with Crippen molar-refractivity contribution in [3.05, 3.63) is 121 Å². The minimum Gasteiger partial charge on any atom is -0.510 e. The fourth-order valence-electron chi connectivity index (χ4n) is 3.27. The lowest BCUT2D eigenvalue weighted by atomic mass is 10.3. The molecular weight excluding hydrogens is 432 g/mol. The molecular formula is C26H26O4Si2. The molecule has 0 saturated heterocycles. The first kappa shape index (κ1) is 21.7. The quantitative estimate of drug-likeness (QED) is 0.267. The topological polar surface area (TPSA) is 36.9 Å². The molecule has 0 bridgehead atoms. The molecule has 0 unspecified atom stereocenters. The molecule has 0 aliphatic rings. The maximum atomic E-state index is 6.64. The van der Waals surface area contributed by atoms with Gasteiger partial charge in [-0.3, -0.25) is 0 Å².